The van der Waals surface area contributed by atoms with Gasteiger partial charge in [-0.2, -0.15) is 8.78 Å². The van der Waals surface area contributed by atoms with Crippen LogP contribution in [0, 0.1) is 37.1 Å². The molecule has 0 saturated carbocycles. The van der Waals surface area contributed by atoms with E-state index in [0.29, 0.717) is 16.7 Å². The summed E-state index contributed by atoms with van der Waals surface area (Å²) in [5.74, 6) is -8.42. The normalized spacial score (nSPS) is 10.8. The van der Waals surface area contributed by atoms with Gasteiger partial charge in [0, 0.05) is 11.6 Å². The maximum atomic E-state index is 13.8. The van der Waals surface area contributed by atoms with Crippen LogP contribution in [-0.4, -0.2) is 6.09 Å². The van der Waals surface area contributed by atoms with Crippen molar-refractivity contribution in [1.82, 2.24) is 0 Å². The highest BCUT2D eigenvalue weighted by molar-refractivity contribution is 7.33. The molecule has 0 aliphatic carbocycles. The van der Waals surface area contributed by atoms with Crippen LogP contribution in [0.3, 0.4) is 0 Å². The average Bonchev–Trinajstić information content (AvgIpc) is 2.87. The quantitative estimate of drug-likeness (QED) is 0.222. The van der Waals surface area contributed by atoms with Crippen LogP contribution < -0.4 is 10.3 Å². The van der Waals surface area contributed by atoms with E-state index < -0.39 is 55.0 Å². The number of hydrogen-bond acceptors (Lipinski definition) is 5. The Morgan fingerprint density at radius 2 is 1.46 bits per heavy atom. The first kappa shape index (κ1) is 34.5. The van der Waals surface area contributed by atoms with Crippen molar-refractivity contribution < 1.29 is 42.1 Å². The van der Waals surface area contributed by atoms with Crippen LogP contribution in [0.25, 0.3) is 0 Å². The Bertz CT molecular complexity index is 951. The van der Waals surface area contributed by atoms with Gasteiger partial charge in [0.15, 0.2) is 11.6 Å². The van der Waals surface area contributed by atoms with E-state index in [1.165, 1.54) is 0 Å². The molecule has 2 unspecified atom stereocenters. The fourth-order valence-corrected chi connectivity index (χ4v) is 2.97. The van der Waals surface area contributed by atoms with E-state index in [9.17, 15) is 26.9 Å². The standard InChI is InChI=1S/C18H16F4NO5P.3C2H6.H2/c1-8-4-5-11(10(3)27-18(23)24)6-12(8)7-26-29(25)28-17-15(21)13(19)9(2)14(20)16(17)22;3*1-2;/h4-6,10H,7H2,1-3H3,(H-,23,24);3*1-2H3;1H/p+1. The summed E-state index contributed by atoms with van der Waals surface area (Å²) in [6.07, 6.45) is -1.63. The zero-order valence-electron chi connectivity index (χ0n) is 21.6. The molecule has 0 fully saturated rings. The van der Waals surface area contributed by atoms with E-state index >= 15 is 0 Å². The van der Waals surface area contributed by atoms with E-state index in [-0.39, 0.29) is 8.03 Å². The zero-order valence-corrected chi connectivity index (χ0v) is 22.5. The number of rotatable bonds is 7. The van der Waals surface area contributed by atoms with Crippen molar-refractivity contribution in [2.24, 2.45) is 5.73 Å². The molecule has 0 radical (unpaired) electrons. The highest BCUT2D eigenvalue weighted by atomic mass is 31.1. The summed E-state index contributed by atoms with van der Waals surface area (Å²) in [6, 6.07) is 4.93. The molecule has 0 heterocycles. The number of ether oxygens (including phenoxy) is 1. The minimum absolute atomic E-state index is 0. The van der Waals surface area contributed by atoms with Gasteiger partial charge in [-0.05, 0) is 43.5 Å². The smallest absolute Gasteiger partial charge is 0.442 e. The van der Waals surface area contributed by atoms with Crippen LogP contribution in [0.4, 0.5) is 22.4 Å². The number of primary amides is 1. The summed E-state index contributed by atoms with van der Waals surface area (Å²) in [4.78, 5) is 10.9. The molecule has 11 heteroatoms. The van der Waals surface area contributed by atoms with Gasteiger partial charge in [0.05, 0.1) is 0 Å². The third-order valence-electron chi connectivity index (χ3n) is 4.07. The highest BCUT2D eigenvalue weighted by Gasteiger charge is 2.33. The second kappa shape index (κ2) is 17.7. The number of halogens is 4. The van der Waals surface area contributed by atoms with Crippen molar-refractivity contribution in [2.75, 3.05) is 0 Å². The summed E-state index contributed by atoms with van der Waals surface area (Å²) in [5.41, 5.74) is 5.86. The van der Waals surface area contributed by atoms with Crippen molar-refractivity contribution in [3.05, 3.63) is 63.7 Å². The Hall–Kier alpha value is -2.71. The van der Waals surface area contributed by atoms with Crippen LogP contribution >= 0.6 is 8.25 Å². The molecular weight excluding hydrogens is 489 g/mol. The largest absolute Gasteiger partial charge is 0.750 e. The lowest BCUT2D eigenvalue weighted by Crippen LogP contribution is -2.15. The van der Waals surface area contributed by atoms with Crippen molar-refractivity contribution in [3.63, 3.8) is 0 Å². The molecule has 6 nitrogen and oxygen atoms in total. The van der Waals surface area contributed by atoms with Crippen molar-refractivity contribution >= 4 is 14.3 Å². The molecule has 2 rings (SSSR count). The van der Waals surface area contributed by atoms with Gasteiger partial charge in [-0.25, -0.2) is 18.1 Å². The number of carbonyl (C=O) groups excluding carboxylic acids is 1. The molecule has 2 aromatic carbocycles. The van der Waals surface area contributed by atoms with Crippen LogP contribution in [0.2, 0.25) is 0 Å². The second-order valence-electron chi connectivity index (χ2n) is 6.06. The molecule has 0 spiro atoms. The molecule has 0 aliphatic rings. The zero-order chi connectivity index (χ0) is 27.9. The van der Waals surface area contributed by atoms with Gasteiger partial charge >= 0.3 is 14.3 Å². The van der Waals surface area contributed by atoms with Crippen LogP contribution in [0.15, 0.2) is 18.2 Å². The number of hydrogen-bond donors (Lipinski definition) is 1. The number of carbonyl (C=O) groups is 1. The van der Waals surface area contributed by atoms with Gasteiger partial charge in [-0.15, -0.1) is 4.52 Å². The fourth-order valence-electron chi connectivity index (χ4n) is 2.37. The molecule has 2 atom stereocenters. The Kier molecular flexibility index (Phi) is 17.4. The Labute approximate surface area is 207 Å². The maximum Gasteiger partial charge on any atom is 0.750 e. The highest BCUT2D eigenvalue weighted by Crippen LogP contribution is 2.37. The molecule has 0 aliphatic heterocycles. The van der Waals surface area contributed by atoms with Gasteiger partial charge < -0.3 is 10.5 Å². The van der Waals surface area contributed by atoms with Gasteiger partial charge in [0.1, 0.15) is 12.7 Å². The Balaban J connectivity index is -0.00000144. The molecule has 1 amide bonds. The first-order chi connectivity index (χ1) is 16.5. The predicted molar refractivity (Wildman–Crippen MR) is 130 cm³/mol. The number of amides is 1. The van der Waals surface area contributed by atoms with Crippen molar-refractivity contribution in [2.45, 2.75) is 75.0 Å². The molecule has 0 saturated heterocycles. The van der Waals surface area contributed by atoms with Crippen LogP contribution in [0.1, 0.15) is 78.3 Å². The molecule has 0 aromatic heterocycles. The van der Waals surface area contributed by atoms with Gasteiger partial charge in [0.2, 0.25) is 11.6 Å². The lowest BCUT2D eigenvalue weighted by molar-refractivity contribution is 0.116. The molecule has 35 heavy (non-hydrogen) atoms. The van der Waals surface area contributed by atoms with Gasteiger partial charge in [-0.1, -0.05) is 53.7 Å². The molecule has 2 aromatic rings. The third kappa shape index (κ3) is 10.2. The van der Waals surface area contributed by atoms with Crippen LogP contribution in [-0.2, 0) is 20.4 Å². The van der Waals surface area contributed by atoms with Crippen LogP contribution in [0.5, 0.6) is 5.75 Å². The summed E-state index contributed by atoms with van der Waals surface area (Å²) >= 11 is 0. The van der Waals surface area contributed by atoms with Gasteiger partial charge in [0.25, 0.3) is 5.75 Å². The number of nitrogens with two attached hydrogens (primary N) is 1. The number of benzene rings is 2. The summed E-state index contributed by atoms with van der Waals surface area (Å²) in [7, 11) is -3.17. The summed E-state index contributed by atoms with van der Waals surface area (Å²) in [5, 5.41) is 0. The lowest BCUT2D eigenvalue weighted by Gasteiger charge is -2.13. The van der Waals surface area contributed by atoms with E-state index in [4.69, 9.17) is 15.0 Å². The topological polar surface area (TPSA) is 87.9 Å². The first-order valence-electron chi connectivity index (χ1n) is 11.2. The van der Waals surface area contributed by atoms with E-state index in [1.54, 1.807) is 32.0 Å². The summed E-state index contributed by atoms with van der Waals surface area (Å²) in [6.45, 7) is 15.8. The predicted octanol–water partition coefficient (Wildman–Crippen LogP) is 8.59. The third-order valence-corrected chi connectivity index (χ3v) is 4.74. The maximum absolute atomic E-state index is 13.8. The average molecular weight is 527 g/mol. The first-order valence-corrected chi connectivity index (χ1v) is 12.3. The SMILES string of the molecule is CC.CC.CC.Cc1ccc(C(C)OC(N)=O)cc1CO[P+](=O)Oc1c(F)c(F)c(C)c(F)c1F.[HH]. The minimum Gasteiger partial charge on any atom is -0.442 e. The monoisotopic (exact) mass is 526 g/mol. The number of aryl methyl sites for hydroxylation is 1. The summed E-state index contributed by atoms with van der Waals surface area (Å²) < 4.78 is 80.8. The van der Waals surface area contributed by atoms with E-state index in [0.717, 1.165) is 6.92 Å². The van der Waals surface area contributed by atoms with E-state index in [2.05, 4.69) is 4.52 Å². The molecule has 2 N–H and O–H groups in total. The van der Waals surface area contributed by atoms with E-state index in [1.807, 2.05) is 41.5 Å². The second-order valence-corrected chi connectivity index (χ2v) is 6.95. The lowest BCUT2D eigenvalue weighted by atomic mass is 10.0. The van der Waals surface area contributed by atoms with Crippen molar-refractivity contribution in [1.29, 1.82) is 0 Å². The fraction of sp³-hybridized carbons (Fsp3) is 0.458. The molecule has 200 valence electrons. The van der Waals surface area contributed by atoms with Gasteiger partial charge in [-0.3, -0.25) is 0 Å². The minimum atomic E-state index is -3.17. The Morgan fingerprint density at radius 3 is 1.91 bits per heavy atom. The Morgan fingerprint density at radius 1 is 0.971 bits per heavy atom. The molecular formula is C24H37F4NO5P+. The molecule has 0 bridgehead atoms. The van der Waals surface area contributed by atoms with Crippen molar-refractivity contribution in [3.8, 4) is 5.75 Å².